The lowest BCUT2D eigenvalue weighted by Gasteiger charge is -2.16. The number of aliphatic carboxylic acids is 1. The number of nitrogens with one attached hydrogen (secondary N) is 3. The van der Waals surface area contributed by atoms with Crippen molar-refractivity contribution in [1.82, 2.24) is 20.2 Å². The predicted octanol–water partition coefficient (Wildman–Crippen LogP) is 3.09. The quantitative estimate of drug-likeness (QED) is 0.262. The molecule has 3 rings (SSSR count). The molecule has 2 aromatic carbocycles. The van der Waals surface area contributed by atoms with Crippen LogP contribution in [0.2, 0.25) is 0 Å². The van der Waals surface area contributed by atoms with Crippen LogP contribution in [0.5, 0.6) is 23.0 Å². The number of anilines is 1. The van der Waals surface area contributed by atoms with E-state index in [0.717, 1.165) is 0 Å². The van der Waals surface area contributed by atoms with Gasteiger partial charge in [0.25, 0.3) is 0 Å². The molecule has 1 atom stereocenters. The van der Waals surface area contributed by atoms with Crippen LogP contribution in [0.3, 0.4) is 0 Å². The maximum atomic E-state index is 12.7. The van der Waals surface area contributed by atoms with E-state index >= 15 is 0 Å². The number of nitrogens with zero attached hydrogens (tertiary/aromatic N) is 2. The van der Waals surface area contributed by atoms with E-state index in [1.54, 1.807) is 30.3 Å². The minimum Gasteiger partial charge on any atom is -0.495 e. The number of H-pyrrole nitrogens is 1. The molecule has 1 amide bonds. The van der Waals surface area contributed by atoms with Crippen molar-refractivity contribution < 1.29 is 33.6 Å². The van der Waals surface area contributed by atoms with E-state index in [1.165, 1.54) is 28.4 Å². The number of carbonyl (C=O) groups excluding carboxylic acids is 1. The van der Waals surface area contributed by atoms with Crippen LogP contribution in [-0.2, 0) is 9.59 Å². The molecule has 0 bridgehead atoms. The Morgan fingerprint density at radius 3 is 2.08 bits per heavy atom. The fraction of sp³-hybridized carbons (Fsp3) is 0.304. The third-order valence-electron chi connectivity index (χ3n) is 5.31. The first-order chi connectivity index (χ1) is 17.4. The molecule has 0 saturated heterocycles. The van der Waals surface area contributed by atoms with E-state index in [-0.39, 0.29) is 12.8 Å². The molecule has 36 heavy (non-hydrogen) atoms. The highest BCUT2D eigenvalue weighted by Gasteiger charge is 2.22. The van der Waals surface area contributed by atoms with Crippen molar-refractivity contribution in [2.75, 3.05) is 33.8 Å². The smallest absolute Gasteiger partial charge is 0.303 e. The predicted molar refractivity (Wildman–Crippen MR) is 132 cm³/mol. The molecule has 1 heterocycles. The van der Waals surface area contributed by atoms with Gasteiger partial charge < -0.3 is 29.4 Å². The lowest BCUT2D eigenvalue weighted by Crippen LogP contribution is -2.36. The molecule has 0 fully saturated rings. The molecule has 3 aromatic rings. The Kier molecular flexibility index (Phi) is 8.92. The Morgan fingerprint density at radius 2 is 1.56 bits per heavy atom. The second-order valence-corrected chi connectivity index (χ2v) is 7.65. The maximum Gasteiger partial charge on any atom is 0.303 e. The molecule has 0 aliphatic rings. The summed E-state index contributed by atoms with van der Waals surface area (Å²) in [6, 6.07) is 7.65. The zero-order valence-corrected chi connectivity index (χ0v) is 20.8. The van der Waals surface area contributed by atoms with E-state index in [2.05, 4.69) is 25.6 Å². The summed E-state index contributed by atoms with van der Waals surface area (Å²) in [5.41, 5.74) is 2.59. The molecule has 1 aromatic heterocycles. The van der Waals surface area contributed by atoms with Crippen LogP contribution in [0.25, 0.3) is 22.5 Å². The van der Waals surface area contributed by atoms with Gasteiger partial charge in [-0.2, -0.15) is 15.4 Å². The van der Waals surface area contributed by atoms with E-state index in [1.807, 2.05) is 0 Å². The van der Waals surface area contributed by atoms with Crippen LogP contribution in [0.1, 0.15) is 12.8 Å². The summed E-state index contributed by atoms with van der Waals surface area (Å²) in [7, 11) is 6.01. The number of amides is 1. The van der Waals surface area contributed by atoms with Crippen molar-refractivity contribution in [1.29, 1.82) is 0 Å². The van der Waals surface area contributed by atoms with Gasteiger partial charge in [0.05, 0.1) is 34.1 Å². The van der Waals surface area contributed by atoms with E-state index < -0.39 is 17.9 Å². The number of aromatic amines is 1. The summed E-state index contributed by atoms with van der Waals surface area (Å²) < 4.78 is 21.7. The number of hydrogen-bond acceptors (Lipinski definition) is 9. The van der Waals surface area contributed by atoms with Gasteiger partial charge in [0.15, 0.2) is 11.5 Å². The van der Waals surface area contributed by atoms with Crippen LogP contribution in [0.15, 0.2) is 30.3 Å². The van der Waals surface area contributed by atoms with E-state index in [9.17, 15) is 9.59 Å². The summed E-state index contributed by atoms with van der Waals surface area (Å²) >= 11 is 5.67. The summed E-state index contributed by atoms with van der Waals surface area (Å²) in [5.74, 6) is 0.162. The molecular weight excluding hydrogens is 494 g/mol. The third-order valence-corrected chi connectivity index (χ3v) is 5.58. The second-order valence-electron chi connectivity index (χ2n) is 7.43. The average Bonchev–Trinajstić information content (AvgIpc) is 3.38. The van der Waals surface area contributed by atoms with Gasteiger partial charge >= 0.3 is 5.97 Å². The molecule has 0 radical (unpaired) electrons. The molecule has 4 N–H and O–H groups in total. The van der Waals surface area contributed by atoms with Crippen LogP contribution >= 0.6 is 11.8 Å². The molecule has 12 nitrogen and oxygen atoms in total. The minimum absolute atomic E-state index is 0.00123. The molecule has 1 unspecified atom stereocenters. The highest BCUT2D eigenvalue weighted by atomic mass is 35.5. The number of hydrogen-bond donors (Lipinski definition) is 4. The SMILES string of the molecule is COc1ccc(-c2n[nH]nc2-c2cc(OC)c(OC)c(OC)c2)cc1NC(=O)C(CCC(=O)O)NCl. The first-order valence-electron chi connectivity index (χ1n) is 10.6. The lowest BCUT2D eigenvalue weighted by atomic mass is 10.0. The number of halogens is 1. The van der Waals surface area contributed by atoms with Gasteiger partial charge in [-0.05, 0) is 48.5 Å². The number of ether oxygens (including phenoxy) is 4. The number of benzene rings is 2. The summed E-state index contributed by atoms with van der Waals surface area (Å²) in [6.45, 7) is 0. The Hall–Kier alpha value is -4.03. The zero-order chi connectivity index (χ0) is 26.2. The normalized spacial score (nSPS) is 11.5. The minimum atomic E-state index is -1.04. The maximum absolute atomic E-state index is 12.7. The fourth-order valence-corrected chi connectivity index (χ4v) is 3.74. The van der Waals surface area contributed by atoms with Crippen LogP contribution in [-0.4, -0.2) is 66.9 Å². The van der Waals surface area contributed by atoms with Crippen LogP contribution in [0.4, 0.5) is 5.69 Å². The van der Waals surface area contributed by atoms with Crippen molar-refractivity contribution in [3.8, 4) is 45.5 Å². The second kappa shape index (κ2) is 12.1. The van der Waals surface area contributed by atoms with Gasteiger partial charge in [-0.25, -0.2) is 4.84 Å². The van der Waals surface area contributed by atoms with Crippen molar-refractivity contribution in [3.05, 3.63) is 30.3 Å². The Morgan fingerprint density at radius 1 is 0.944 bits per heavy atom. The van der Waals surface area contributed by atoms with Crippen molar-refractivity contribution in [2.45, 2.75) is 18.9 Å². The van der Waals surface area contributed by atoms with Gasteiger partial charge in [-0.15, -0.1) is 0 Å². The zero-order valence-electron chi connectivity index (χ0n) is 20.0. The standard InChI is InChI=1S/C23H26ClN5O7/c1-33-16-7-5-12(9-15(16)25-23(32)14(26-24)6-8-19(30)31)20-21(28-29-27-20)13-10-17(34-2)22(36-4)18(11-13)35-3/h5,7,9-11,14,26H,6,8H2,1-4H3,(H,25,32)(H,30,31)(H,27,28,29). The lowest BCUT2D eigenvalue weighted by molar-refractivity contribution is -0.137. The van der Waals surface area contributed by atoms with E-state index in [0.29, 0.717) is 51.2 Å². The molecule has 0 aliphatic heterocycles. The van der Waals surface area contributed by atoms with E-state index in [4.69, 9.17) is 35.8 Å². The Bertz CT molecular complexity index is 1210. The summed E-state index contributed by atoms with van der Waals surface area (Å²) in [5, 5.41) is 22.9. The fourth-order valence-electron chi connectivity index (χ4n) is 3.53. The molecular formula is C23H26ClN5O7. The van der Waals surface area contributed by atoms with Gasteiger partial charge in [0.1, 0.15) is 23.2 Å². The Balaban J connectivity index is 1.99. The largest absolute Gasteiger partial charge is 0.495 e. The van der Waals surface area contributed by atoms with Crippen LogP contribution < -0.4 is 29.1 Å². The summed E-state index contributed by atoms with van der Waals surface area (Å²) in [6.07, 6.45) is -0.229. The van der Waals surface area contributed by atoms with Crippen LogP contribution in [0, 0.1) is 0 Å². The number of carboxylic acid groups (broad SMARTS) is 1. The van der Waals surface area contributed by atoms with Gasteiger partial charge in [0.2, 0.25) is 11.7 Å². The van der Waals surface area contributed by atoms with Crippen molar-refractivity contribution >= 4 is 29.3 Å². The van der Waals surface area contributed by atoms with Gasteiger partial charge in [-0.3, -0.25) is 9.59 Å². The first kappa shape index (κ1) is 26.6. The number of aromatic nitrogens is 3. The number of carboxylic acids is 1. The number of carbonyl (C=O) groups is 2. The monoisotopic (exact) mass is 519 g/mol. The first-order valence-corrected chi connectivity index (χ1v) is 11.0. The topological polar surface area (TPSA) is 157 Å². The van der Waals surface area contributed by atoms with Crippen molar-refractivity contribution in [2.24, 2.45) is 0 Å². The highest BCUT2D eigenvalue weighted by molar-refractivity contribution is 6.15. The molecule has 0 saturated carbocycles. The third kappa shape index (κ3) is 5.78. The molecule has 0 spiro atoms. The highest BCUT2D eigenvalue weighted by Crippen LogP contribution is 2.42. The molecule has 192 valence electrons. The average molecular weight is 520 g/mol. The van der Waals surface area contributed by atoms with Gasteiger partial charge in [0, 0.05) is 17.5 Å². The Labute approximate surface area is 212 Å². The molecule has 13 heteroatoms. The van der Waals surface area contributed by atoms with Gasteiger partial charge in [-0.1, -0.05) is 0 Å². The summed E-state index contributed by atoms with van der Waals surface area (Å²) in [4.78, 5) is 25.9. The molecule has 0 aliphatic carbocycles. The van der Waals surface area contributed by atoms with Crippen molar-refractivity contribution in [3.63, 3.8) is 0 Å². The number of methoxy groups -OCH3 is 4. The number of rotatable bonds is 12.